The first-order valence-electron chi connectivity index (χ1n) is 34.8. The Morgan fingerprint density at radius 1 is 0.376 bits per heavy atom. The van der Waals surface area contributed by atoms with Gasteiger partial charge in [0.1, 0.15) is 110 Å². The molecule has 109 heavy (non-hydrogen) atoms. The molecule has 0 bridgehead atoms. The van der Waals surface area contributed by atoms with Crippen molar-refractivity contribution in [1.82, 2.24) is 0 Å². The van der Waals surface area contributed by atoms with E-state index in [0.29, 0.717) is 27.8 Å². The predicted octanol–water partition coefficient (Wildman–Crippen LogP) is 1.97. The third-order valence-corrected chi connectivity index (χ3v) is 18.8. The van der Waals surface area contributed by atoms with Gasteiger partial charge in [-0.15, -0.1) is 0 Å². The number of azide groups is 3. The van der Waals surface area contributed by atoms with Gasteiger partial charge < -0.3 is 116 Å². The van der Waals surface area contributed by atoms with Gasteiger partial charge in [0.25, 0.3) is 0 Å². The first-order chi connectivity index (χ1) is 52.8. The topological polar surface area (TPSA) is 462 Å². The van der Waals surface area contributed by atoms with Crippen LogP contribution in [0.4, 0.5) is 0 Å². The van der Waals surface area contributed by atoms with Gasteiger partial charge in [-0.2, -0.15) is 0 Å². The second kappa shape index (κ2) is 42.1. The number of carboxylic acids is 1. The fraction of sp³-hybridized carbons (Fsp3) is 0.486. The summed E-state index contributed by atoms with van der Waals surface area (Å²) in [5.74, 6) is -3.09. The van der Waals surface area contributed by atoms with Gasteiger partial charge in [-0.05, 0) is 50.0 Å². The molecule has 5 heterocycles. The van der Waals surface area contributed by atoms with Gasteiger partial charge in [0.2, 0.25) is 0 Å². The molecule has 5 aliphatic heterocycles. The maximum Gasteiger partial charge on any atom is 1.00 e. The van der Waals surface area contributed by atoms with Crippen molar-refractivity contribution in [3.05, 3.63) is 247 Å². The Kier molecular flexibility index (Phi) is 32.4. The summed E-state index contributed by atoms with van der Waals surface area (Å²) in [7, 11) is 2.30. The second-order valence-electron chi connectivity index (χ2n) is 25.6. The third-order valence-electron chi connectivity index (χ3n) is 18.8. The van der Waals surface area contributed by atoms with E-state index in [-0.39, 0.29) is 69.2 Å². The Bertz CT molecular complexity index is 3900. The number of ether oxygens (including phenoxy) is 17. The maximum atomic E-state index is 14.3. The molecule has 25 atom stereocenters. The molecule has 576 valence electrons. The number of aliphatic hydroxyl groups is 5. The van der Waals surface area contributed by atoms with Crippen molar-refractivity contribution in [3.8, 4) is 0 Å². The van der Waals surface area contributed by atoms with Crippen LogP contribution >= 0.6 is 0 Å². The number of benzene rings is 6. The molecule has 0 spiro atoms. The van der Waals surface area contributed by atoms with E-state index >= 15 is 0 Å². The van der Waals surface area contributed by atoms with E-state index in [0.717, 1.165) is 12.7 Å². The number of hydrogen-bond acceptors (Lipinski definition) is 28. The van der Waals surface area contributed by atoms with E-state index < -0.39 is 185 Å². The summed E-state index contributed by atoms with van der Waals surface area (Å²) in [5.41, 5.74) is 34.3. The van der Waals surface area contributed by atoms with Crippen molar-refractivity contribution in [2.45, 2.75) is 193 Å². The number of rotatable bonds is 35. The summed E-state index contributed by atoms with van der Waals surface area (Å²) in [4.78, 5) is 37.5. The van der Waals surface area contributed by atoms with Crippen molar-refractivity contribution in [3.63, 3.8) is 0 Å². The molecule has 6 aromatic rings. The molecule has 35 heteroatoms. The first-order valence-corrected chi connectivity index (χ1v) is 34.8. The molecular weight excluding hydrogens is 1440 g/mol. The molecule has 0 aliphatic carbocycles. The molecule has 6 aromatic carbocycles. The molecule has 5 saturated heterocycles. The standard InChI is InChI=1S/C74H85N9O25.Na/c1-92-69(91)66-63(61(97-39-45-27-15-6-16-28-45)55(88)73(108-66)104-58-50(35-86)100-70(93-2)52(79-82-76)60(58)96-38-44-25-13-5-14-26-44)105-71-51(78-81-75)54(87)56(48(33-84)101-71)103-74-67(99-41-47-31-19-8-20-32-47)62(98-40-46-29-17-7-18-30-46)64(65(107-74)68(89)90)106-72-53(80-83-77)59(95-37-43-23-11-4-12-24-43)57(49(34-85)102-72)94-36-42-21-9-3-10-22-42;/h3-32,48-67,70-74,84-88H,33-41H2,1-2H3,(H,89,90);/q;+1/p-1/t48?,49?,50?,51?,52?,53?,54-,55?,56+,57+,58+,59-,60-,61+,62+,63-,64-,65?,66?,67?,70-,71+,72+,73-,74-;/m1./s1. The van der Waals surface area contributed by atoms with Crippen LogP contribution in [0, 0.1) is 0 Å². The summed E-state index contributed by atoms with van der Waals surface area (Å²) >= 11 is 0. The number of methoxy groups -OCH3 is 2. The monoisotopic (exact) mass is 1520 g/mol. The number of hydrogen-bond donors (Lipinski definition) is 5. The summed E-state index contributed by atoms with van der Waals surface area (Å²) in [5, 5.41) is 84.8. The minimum absolute atomic E-state index is 0. The van der Waals surface area contributed by atoms with Crippen LogP contribution in [0.5, 0.6) is 0 Å². The molecule has 0 amide bonds. The number of carbonyl (C=O) groups excluding carboxylic acids is 2. The van der Waals surface area contributed by atoms with E-state index in [1.54, 1.807) is 146 Å². The predicted molar refractivity (Wildman–Crippen MR) is 369 cm³/mol. The van der Waals surface area contributed by atoms with Gasteiger partial charge in [0.05, 0.1) is 78.6 Å². The number of esters is 1. The Hall–Kier alpha value is -7.65. The normalized spacial score (nSPS) is 32.3. The quantitative estimate of drug-likeness (QED) is 0.0125. The summed E-state index contributed by atoms with van der Waals surface area (Å²) in [6.45, 7) is -3.56. The first kappa shape index (κ1) is 83.8. The van der Waals surface area contributed by atoms with E-state index in [4.69, 9.17) is 80.5 Å². The van der Waals surface area contributed by atoms with Gasteiger partial charge in [0, 0.05) is 21.8 Å². The fourth-order valence-corrected chi connectivity index (χ4v) is 13.4. The van der Waals surface area contributed by atoms with E-state index in [1.807, 2.05) is 36.4 Å². The van der Waals surface area contributed by atoms with Crippen LogP contribution in [0.1, 0.15) is 33.4 Å². The summed E-state index contributed by atoms with van der Waals surface area (Å²) < 4.78 is 108. The van der Waals surface area contributed by atoms with Gasteiger partial charge in [0.15, 0.2) is 37.6 Å². The molecule has 0 aromatic heterocycles. The van der Waals surface area contributed by atoms with Crippen LogP contribution in [0.15, 0.2) is 197 Å². The molecule has 34 nitrogen and oxygen atoms in total. The zero-order valence-corrected chi connectivity index (χ0v) is 61.5. The number of carbonyl (C=O) groups is 2. The van der Waals surface area contributed by atoms with Crippen LogP contribution in [-0.4, -0.2) is 225 Å². The Balaban J connectivity index is 0.0000127. The van der Waals surface area contributed by atoms with Gasteiger partial charge in [-0.1, -0.05) is 197 Å². The minimum Gasteiger partial charge on any atom is -0.547 e. The summed E-state index contributed by atoms with van der Waals surface area (Å²) in [6, 6.07) is 48.1. The van der Waals surface area contributed by atoms with E-state index in [9.17, 15) is 56.8 Å². The molecule has 10 unspecified atom stereocenters. The number of carboxylic acid groups (broad SMARTS) is 1. The van der Waals surface area contributed by atoms with E-state index in [1.165, 1.54) is 7.11 Å². The smallest absolute Gasteiger partial charge is 0.547 e. The SMILES string of the molecule is COC(=O)C1O[C@@H](O[C@H]2C(CO)O[C@@H](OC)C(N=[N+]=[N-])[C@H]2OCc2ccccc2)C(O)[C@H](OCc2ccccc2)[C@H]1O[C@@H]1OC(CO)[C@H](O[C@@H]2OC(C(=O)[O-])[C@H](O[C@@H]3OC(CO)[C@H](OCc4ccccc4)[C@H](OCc4ccccc4)C3N=[N+]=[N-])[C@H](OCc3ccccc3)C2OCc2ccccc2)[C@H](O)C1N=[N+]=[N-].[Na+]. The van der Waals surface area contributed by atoms with Crippen LogP contribution < -0.4 is 34.7 Å². The van der Waals surface area contributed by atoms with Crippen molar-refractivity contribution in [1.29, 1.82) is 0 Å². The number of aliphatic carboxylic acids is 1. The van der Waals surface area contributed by atoms with Gasteiger partial charge in [-0.25, -0.2) is 4.79 Å². The fourth-order valence-electron chi connectivity index (χ4n) is 13.4. The summed E-state index contributed by atoms with van der Waals surface area (Å²) in [6.07, 6.45) is -38.0. The molecule has 5 N–H and O–H groups in total. The van der Waals surface area contributed by atoms with Crippen LogP contribution in [0.25, 0.3) is 31.3 Å². The van der Waals surface area contributed by atoms with Crippen molar-refractivity contribution in [2.24, 2.45) is 15.3 Å². The number of nitrogens with zero attached hydrogens (tertiary/aromatic N) is 9. The van der Waals surface area contributed by atoms with Gasteiger partial charge >= 0.3 is 35.5 Å². The van der Waals surface area contributed by atoms with Crippen LogP contribution in [-0.2, 0) is 130 Å². The van der Waals surface area contributed by atoms with Crippen molar-refractivity contribution >= 4 is 11.9 Å². The number of aliphatic hydroxyl groups excluding tert-OH is 5. The minimum atomic E-state index is -2.28. The Morgan fingerprint density at radius 3 is 1.11 bits per heavy atom. The Labute approximate surface area is 647 Å². The third kappa shape index (κ3) is 21.3. The van der Waals surface area contributed by atoms with E-state index in [2.05, 4.69) is 30.1 Å². The molecule has 11 rings (SSSR count). The Morgan fingerprint density at radius 2 is 0.697 bits per heavy atom. The molecule has 0 radical (unpaired) electrons. The molecule has 0 saturated carbocycles. The van der Waals surface area contributed by atoms with Crippen LogP contribution in [0.2, 0.25) is 0 Å². The molecule has 5 aliphatic rings. The van der Waals surface area contributed by atoms with Crippen molar-refractivity contribution < 1.29 is 150 Å². The average molecular weight is 1520 g/mol. The van der Waals surface area contributed by atoms with Crippen LogP contribution in [0.3, 0.4) is 0 Å². The maximum absolute atomic E-state index is 14.3. The largest absolute Gasteiger partial charge is 1.00 e. The van der Waals surface area contributed by atoms with Crippen molar-refractivity contribution in [2.75, 3.05) is 34.0 Å². The zero-order chi connectivity index (χ0) is 75.9. The zero-order valence-electron chi connectivity index (χ0n) is 59.5. The second-order valence-corrected chi connectivity index (χ2v) is 25.6. The molecule has 5 fully saturated rings. The molecular formula is C74H84N9NaO25. The van der Waals surface area contributed by atoms with Gasteiger partial charge in [-0.3, -0.25) is 0 Å². The average Bonchev–Trinajstić information content (AvgIpc) is 0.759.